The average molecular weight is 270 g/mol. The van der Waals surface area contributed by atoms with Crippen LogP contribution in [0, 0.1) is 0 Å². The molecular weight excluding hydrogens is 239 g/mol. The molecule has 2 nitrogen and oxygen atoms in total. The van der Waals surface area contributed by atoms with Gasteiger partial charge in [0.05, 0.1) is 0 Å². The number of hydrogen-bond donors (Lipinski definition) is 0. The maximum atomic E-state index is 4.93. The molecule has 0 atom stereocenters. The summed E-state index contributed by atoms with van der Waals surface area (Å²) in [4.78, 5) is 9.85. The molecule has 0 N–H and O–H groups in total. The third-order valence-electron chi connectivity index (χ3n) is 4.38. The van der Waals surface area contributed by atoms with Crippen molar-refractivity contribution in [3.8, 4) is 0 Å². The molecule has 3 heteroatoms. The molecule has 1 rings (SSSR count). The van der Waals surface area contributed by atoms with Gasteiger partial charge in [-0.3, -0.25) is 0 Å². The molecule has 0 aliphatic rings. The van der Waals surface area contributed by atoms with Crippen molar-refractivity contribution in [2.75, 3.05) is 0 Å². The van der Waals surface area contributed by atoms with E-state index >= 15 is 0 Å². The van der Waals surface area contributed by atoms with Crippen LogP contribution in [-0.4, -0.2) is 4.98 Å². The van der Waals surface area contributed by atoms with Crippen molar-refractivity contribution in [2.24, 2.45) is 0 Å². The SMILES string of the molecule is CCC(C)(C)c1nc(C(C)(C)C)[n-]c1C(C)(C)CC.[Li+]. The van der Waals surface area contributed by atoms with Gasteiger partial charge < -0.3 is 9.97 Å². The van der Waals surface area contributed by atoms with Crippen LogP contribution in [0.3, 0.4) is 0 Å². The molecule has 0 aliphatic carbocycles. The molecule has 0 aromatic carbocycles. The van der Waals surface area contributed by atoms with Crippen molar-refractivity contribution < 1.29 is 18.9 Å². The van der Waals surface area contributed by atoms with Gasteiger partial charge in [-0.1, -0.05) is 79.5 Å². The maximum absolute atomic E-state index is 4.93. The van der Waals surface area contributed by atoms with Gasteiger partial charge in [-0.2, -0.15) is 0 Å². The monoisotopic (exact) mass is 270 g/mol. The van der Waals surface area contributed by atoms with Gasteiger partial charge in [-0.05, 0) is 29.1 Å². The molecular formula is C17H31LiN2. The molecule has 0 fully saturated rings. The summed E-state index contributed by atoms with van der Waals surface area (Å²) in [6.07, 6.45) is 2.17. The van der Waals surface area contributed by atoms with E-state index in [-0.39, 0.29) is 35.1 Å². The van der Waals surface area contributed by atoms with Crippen molar-refractivity contribution in [2.45, 2.75) is 91.4 Å². The Kier molecular flexibility index (Phi) is 6.22. The van der Waals surface area contributed by atoms with Crippen LogP contribution >= 0.6 is 0 Å². The third kappa shape index (κ3) is 3.92. The van der Waals surface area contributed by atoms with Crippen LogP contribution in [0.5, 0.6) is 0 Å². The zero-order valence-corrected chi connectivity index (χ0v) is 15.3. The van der Waals surface area contributed by atoms with Crippen molar-refractivity contribution in [1.29, 1.82) is 0 Å². The number of nitrogens with zero attached hydrogens (tertiary/aromatic N) is 2. The van der Waals surface area contributed by atoms with E-state index in [4.69, 9.17) is 9.97 Å². The first-order valence-corrected chi connectivity index (χ1v) is 7.52. The zero-order valence-electron chi connectivity index (χ0n) is 15.3. The van der Waals surface area contributed by atoms with E-state index in [0.717, 1.165) is 18.7 Å². The van der Waals surface area contributed by atoms with Gasteiger partial charge in [0.25, 0.3) is 0 Å². The van der Waals surface area contributed by atoms with Crippen LogP contribution in [0.25, 0.3) is 0 Å². The molecule has 1 heterocycles. The summed E-state index contributed by atoms with van der Waals surface area (Å²) in [5, 5.41) is 0. The largest absolute Gasteiger partial charge is 1.00 e. The molecule has 0 saturated heterocycles. The van der Waals surface area contributed by atoms with Crippen LogP contribution in [0.2, 0.25) is 0 Å². The Morgan fingerprint density at radius 3 is 1.65 bits per heavy atom. The summed E-state index contributed by atoms with van der Waals surface area (Å²) in [6.45, 7) is 20.1. The van der Waals surface area contributed by atoms with Crippen molar-refractivity contribution >= 4 is 0 Å². The molecule has 0 saturated carbocycles. The Labute approximate surface area is 137 Å². The fraction of sp³-hybridized carbons (Fsp3) is 0.824. The molecule has 20 heavy (non-hydrogen) atoms. The topological polar surface area (TPSA) is 27.0 Å². The molecule has 0 bridgehead atoms. The van der Waals surface area contributed by atoms with E-state index in [1.165, 1.54) is 11.4 Å². The second kappa shape index (κ2) is 6.28. The Bertz CT molecular complexity index is 403. The van der Waals surface area contributed by atoms with Crippen LogP contribution in [0.1, 0.15) is 92.4 Å². The van der Waals surface area contributed by atoms with E-state index in [2.05, 4.69) is 62.3 Å². The van der Waals surface area contributed by atoms with Gasteiger partial charge in [0, 0.05) is 0 Å². The molecule has 0 unspecified atom stereocenters. The fourth-order valence-corrected chi connectivity index (χ4v) is 1.96. The van der Waals surface area contributed by atoms with Crippen LogP contribution in [0.15, 0.2) is 0 Å². The summed E-state index contributed by atoms with van der Waals surface area (Å²) in [5.41, 5.74) is 2.61. The quantitative estimate of drug-likeness (QED) is 0.779. The summed E-state index contributed by atoms with van der Waals surface area (Å²) in [7, 11) is 0. The number of aromatic nitrogens is 2. The fourth-order valence-electron chi connectivity index (χ4n) is 1.96. The van der Waals surface area contributed by atoms with Gasteiger partial charge in [-0.15, -0.1) is 0 Å². The molecule has 0 amide bonds. The zero-order chi connectivity index (χ0) is 15.1. The summed E-state index contributed by atoms with van der Waals surface area (Å²) in [5.74, 6) is 0.987. The van der Waals surface area contributed by atoms with Gasteiger partial charge in [0.1, 0.15) is 0 Å². The maximum Gasteiger partial charge on any atom is 1.00 e. The Morgan fingerprint density at radius 2 is 1.30 bits per heavy atom. The summed E-state index contributed by atoms with van der Waals surface area (Å²) < 4.78 is 0. The van der Waals surface area contributed by atoms with Crippen LogP contribution in [0.4, 0.5) is 0 Å². The predicted molar refractivity (Wildman–Crippen MR) is 82.9 cm³/mol. The molecule has 110 valence electrons. The summed E-state index contributed by atoms with van der Waals surface area (Å²) in [6, 6.07) is 0. The van der Waals surface area contributed by atoms with Crippen LogP contribution < -0.4 is 23.8 Å². The first-order valence-electron chi connectivity index (χ1n) is 7.52. The minimum atomic E-state index is 0. The smallest absolute Gasteiger partial charge is 0.442 e. The average Bonchev–Trinajstić information content (AvgIpc) is 2.74. The van der Waals surface area contributed by atoms with Gasteiger partial charge in [0.2, 0.25) is 0 Å². The number of imidazole rings is 1. The second-order valence-corrected chi connectivity index (χ2v) is 7.97. The van der Waals surface area contributed by atoms with Crippen molar-refractivity contribution in [3.63, 3.8) is 0 Å². The van der Waals surface area contributed by atoms with E-state index in [1.54, 1.807) is 0 Å². The van der Waals surface area contributed by atoms with Crippen molar-refractivity contribution in [1.82, 2.24) is 9.97 Å². The van der Waals surface area contributed by atoms with Crippen molar-refractivity contribution in [3.05, 3.63) is 17.2 Å². The van der Waals surface area contributed by atoms with E-state index < -0.39 is 0 Å². The molecule has 0 spiro atoms. The second-order valence-electron chi connectivity index (χ2n) is 7.97. The number of rotatable bonds is 4. The predicted octanol–water partition coefficient (Wildman–Crippen LogP) is 1.72. The standard InChI is InChI=1S/C17H31N2.Li/c1-10-16(6,7)12-13(17(8,9)11-2)19-14(18-12)15(3,4)5;/h10-11H2,1-9H3;/q-1;+1. The minimum Gasteiger partial charge on any atom is -0.442 e. The number of hydrogen-bond acceptors (Lipinski definition) is 1. The molecule has 1 aromatic rings. The normalized spacial score (nSPS) is 13.2. The van der Waals surface area contributed by atoms with Gasteiger partial charge in [0.15, 0.2) is 0 Å². The Balaban J connectivity index is 0.00000361. The van der Waals surface area contributed by atoms with Crippen LogP contribution in [-0.2, 0) is 16.2 Å². The molecule has 0 aliphatic heterocycles. The van der Waals surface area contributed by atoms with Gasteiger partial charge >= 0.3 is 18.9 Å². The Hall–Kier alpha value is -0.193. The minimum absolute atomic E-state index is 0. The first-order chi connectivity index (χ1) is 8.45. The third-order valence-corrected chi connectivity index (χ3v) is 4.38. The van der Waals surface area contributed by atoms with E-state index in [0.29, 0.717) is 0 Å². The molecule has 1 aromatic heterocycles. The van der Waals surface area contributed by atoms with E-state index in [9.17, 15) is 0 Å². The van der Waals surface area contributed by atoms with E-state index in [1.807, 2.05) is 0 Å². The van der Waals surface area contributed by atoms with Gasteiger partial charge in [-0.25, -0.2) is 0 Å². The Morgan fingerprint density at radius 1 is 0.850 bits per heavy atom. The summed E-state index contributed by atoms with van der Waals surface area (Å²) >= 11 is 0. The first kappa shape index (κ1) is 19.8. The molecule has 0 radical (unpaired) electrons.